The minimum Gasteiger partial charge on any atom is -0.486 e. The lowest BCUT2D eigenvalue weighted by atomic mass is 10.2. The van der Waals surface area contributed by atoms with Crippen LogP contribution in [-0.4, -0.2) is 48.9 Å². The van der Waals surface area contributed by atoms with Gasteiger partial charge in [0.2, 0.25) is 5.91 Å². The molecule has 0 fully saturated rings. The van der Waals surface area contributed by atoms with Crippen LogP contribution in [0.5, 0.6) is 11.5 Å². The molecule has 10 nitrogen and oxygen atoms in total. The van der Waals surface area contributed by atoms with Crippen molar-refractivity contribution >= 4 is 47.0 Å². The van der Waals surface area contributed by atoms with Gasteiger partial charge in [0, 0.05) is 16.6 Å². The van der Waals surface area contributed by atoms with Gasteiger partial charge in [-0.2, -0.15) is 0 Å². The number of ether oxygens (including phenoxy) is 3. The summed E-state index contributed by atoms with van der Waals surface area (Å²) in [7, 11) is 0. The lowest BCUT2D eigenvalue weighted by molar-refractivity contribution is -0.148. The number of rotatable bonds is 5. The van der Waals surface area contributed by atoms with E-state index in [0.717, 1.165) is 4.90 Å². The van der Waals surface area contributed by atoms with Crippen molar-refractivity contribution in [2.75, 3.05) is 30.5 Å². The fourth-order valence-electron chi connectivity index (χ4n) is 3.03. The molecule has 4 rings (SSSR count). The minimum atomic E-state index is -0.806. The number of fused-ring (bicyclic) bond motifs is 2. The molecule has 0 saturated carbocycles. The summed E-state index contributed by atoms with van der Waals surface area (Å²) in [5, 5.41) is 6.62. The number of carbonyl (C=O) groups excluding carboxylic acids is 4. The molecule has 11 heteroatoms. The minimum absolute atomic E-state index is 0.207. The fourth-order valence-corrected chi connectivity index (χ4v) is 4.12. The Labute approximate surface area is 187 Å². The standard InChI is InChI=1S/C21H19N3O7S/c25-18(24-21(28)22-12-5-6-14-15(9-12)30-8-7-29-14)11-31-19(26)10-17-20(27)23-13-3-1-2-4-16(13)32-17/h1-6,9,17H,7-8,10-11H2,(H,23,27)(H2,22,24,25,28)/t17-/m1/s1. The molecule has 0 radical (unpaired) electrons. The molecule has 2 aromatic carbocycles. The van der Waals surface area contributed by atoms with Gasteiger partial charge in [-0.1, -0.05) is 12.1 Å². The smallest absolute Gasteiger partial charge is 0.325 e. The van der Waals surface area contributed by atoms with Gasteiger partial charge >= 0.3 is 12.0 Å². The molecule has 1 atom stereocenters. The first-order valence-corrected chi connectivity index (χ1v) is 10.6. The number of carbonyl (C=O) groups is 4. The van der Waals surface area contributed by atoms with Crippen LogP contribution in [0.1, 0.15) is 6.42 Å². The predicted molar refractivity (Wildman–Crippen MR) is 115 cm³/mol. The molecule has 2 heterocycles. The largest absolute Gasteiger partial charge is 0.486 e. The van der Waals surface area contributed by atoms with Crippen LogP contribution in [-0.2, 0) is 19.1 Å². The molecule has 32 heavy (non-hydrogen) atoms. The first-order chi connectivity index (χ1) is 15.5. The zero-order valence-electron chi connectivity index (χ0n) is 16.7. The average molecular weight is 457 g/mol. The fraction of sp³-hybridized carbons (Fsp3) is 0.238. The van der Waals surface area contributed by atoms with Crippen molar-refractivity contribution in [3.8, 4) is 11.5 Å². The maximum Gasteiger partial charge on any atom is 0.325 e. The highest BCUT2D eigenvalue weighted by molar-refractivity contribution is 8.01. The zero-order valence-corrected chi connectivity index (χ0v) is 17.5. The molecule has 0 aliphatic carbocycles. The highest BCUT2D eigenvalue weighted by Gasteiger charge is 2.29. The van der Waals surface area contributed by atoms with Gasteiger partial charge in [-0.05, 0) is 24.3 Å². The monoisotopic (exact) mass is 457 g/mol. The summed E-state index contributed by atoms with van der Waals surface area (Å²) in [6.07, 6.45) is -0.207. The third-order valence-corrected chi connectivity index (χ3v) is 5.75. The molecule has 2 aromatic rings. The molecule has 4 amide bonds. The van der Waals surface area contributed by atoms with E-state index in [4.69, 9.17) is 14.2 Å². The molecule has 0 unspecified atom stereocenters. The van der Waals surface area contributed by atoms with Crippen LogP contribution in [0, 0.1) is 0 Å². The Bertz CT molecular complexity index is 1080. The van der Waals surface area contributed by atoms with Crippen LogP contribution >= 0.6 is 11.8 Å². The second-order valence-corrected chi connectivity index (χ2v) is 8.06. The molecule has 0 aromatic heterocycles. The summed E-state index contributed by atoms with van der Waals surface area (Å²) in [6, 6.07) is 11.3. The summed E-state index contributed by atoms with van der Waals surface area (Å²) in [4.78, 5) is 49.0. The summed E-state index contributed by atoms with van der Waals surface area (Å²) in [6.45, 7) is 0.202. The number of anilines is 2. The van der Waals surface area contributed by atoms with Crippen molar-refractivity contribution in [3.05, 3.63) is 42.5 Å². The van der Waals surface area contributed by atoms with E-state index in [2.05, 4.69) is 16.0 Å². The predicted octanol–water partition coefficient (Wildman–Crippen LogP) is 2.15. The third-order valence-electron chi connectivity index (χ3n) is 4.48. The van der Waals surface area contributed by atoms with Crippen molar-refractivity contribution in [2.45, 2.75) is 16.6 Å². The Hall–Kier alpha value is -3.73. The number of amides is 4. The quantitative estimate of drug-likeness (QED) is 0.582. The SMILES string of the molecule is O=C(COC(=O)C[C@H]1Sc2ccccc2NC1=O)NC(=O)Nc1ccc2c(c1)OCCO2. The van der Waals surface area contributed by atoms with Gasteiger partial charge in [0.05, 0.1) is 17.4 Å². The topological polar surface area (TPSA) is 132 Å². The third kappa shape index (κ3) is 5.30. The van der Waals surface area contributed by atoms with Gasteiger partial charge in [-0.15, -0.1) is 11.8 Å². The lowest BCUT2D eigenvalue weighted by Crippen LogP contribution is -2.38. The van der Waals surface area contributed by atoms with E-state index in [9.17, 15) is 19.2 Å². The van der Waals surface area contributed by atoms with Gasteiger partial charge < -0.3 is 24.8 Å². The zero-order chi connectivity index (χ0) is 22.5. The van der Waals surface area contributed by atoms with Crippen LogP contribution in [0.4, 0.5) is 16.2 Å². The number of para-hydroxylation sites is 1. The Morgan fingerprint density at radius 2 is 1.88 bits per heavy atom. The van der Waals surface area contributed by atoms with E-state index in [1.165, 1.54) is 11.8 Å². The number of thioether (sulfide) groups is 1. The Morgan fingerprint density at radius 1 is 1.09 bits per heavy atom. The highest BCUT2D eigenvalue weighted by Crippen LogP contribution is 2.36. The first-order valence-electron chi connectivity index (χ1n) is 9.70. The number of benzene rings is 2. The van der Waals surface area contributed by atoms with Crippen LogP contribution in [0.2, 0.25) is 0 Å². The van der Waals surface area contributed by atoms with Crippen LogP contribution < -0.4 is 25.4 Å². The first kappa shape index (κ1) is 21.5. The van der Waals surface area contributed by atoms with Gasteiger partial charge in [0.1, 0.15) is 13.2 Å². The Balaban J connectivity index is 1.21. The summed E-state index contributed by atoms with van der Waals surface area (Å²) >= 11 is 1.25. The second-order valence-electron chi connectivity index (χ2n) is 6.82. The Morgan fingerprint density at radius 3 is 2.72 bits per heavy atom. The van der Waals surface area contributed by atoms with E-state index in [1.807, 2.05) is 12.1 Å². The van der Waals surface area contributed by atoms with Gasteiger partial charge in [-0.25, -0.2) is 4.79 Å². The molecule has 2 aliphatic rings. The number of hydrogen-bond donors (Lipinski definition) is 3. The summed E-state index contributed by atoms with van der Waals surface area (Å²) < 4.78 is 15.7. The van der Waals surface area contributed by atoms with Gasteiger partial charge in [0.25, 0.3) is 5.91 Å². The van der Waals surface area contributed by atoms with Crippen LogP contribution in [0.15, 0.2) is 47.4 Å². The van der Waals surface area contributed by atoms with Crippen molar-refractivity contribution in [1.82, 2.24) is 5.32 Å². The molecular formula is C21H19N3O7S. The molecular weight excluding hydrogens is 438 g/mol. The Kier molecular flexibility index (Phi) is 6.45. The van der Waals surface area contributed by atoms with E-state index in [-0.39, 0.29) is 12.3 Å². The number of urea groups is 1. The van der Waals surface area contributed by atoms with Crippen molar-refractivity contribution in [2.24, 2.45) is 0 Å². The molecule has 0 saturated heterocycles. The number of hydrogen-bond acceptors (Lipinski definition) is 8. The lowest BCUT2D eigenvalue weighted by Gasteiger charge is -2.23. The van der Waals surface area contributed by atoms with Crippen molar-refractivity contribution in [1.29, 1.82) is 0 Å². The van der Waals surface area contributed by atoms with Crippen LogP contribution in [0.25, 0.3) is 0 Å². The number of imide groups is 1. The molecule has 0 bridgehead atoms. The van der Waals surface area contributed by atoms with E-state index in [1.54, 1.807) is 30.3 Å². The molecule has 2 aliphatic heterocycles. The molecule has 3 N–H and O–H groups in total. The van der Waals surface area contributed by atoms with E-state index in [0.29, 0.717) is 36.1 Å². The summed E-state index contributed by atoms with van der Waals surface area (Å²) in [5.41, 5.74) is 1.09. The number of esters is 1. The average Bonchev–Trinajstić information content (AvgIpc) is 2.78. The van der Waals surface area contributed by atoms with Crippen LogP contribution in [0.3, 0.4) is 0 Å². The number of nitrogens with one attached hydrogen (secondary N) is 3. The normalized spacial score (nSPS) is 16.2. The molecule has 166 valence electrons. The van der Waals surface area contributed by atoms with Gasteiger partial charge in [0.15, 0.2) is 18.1 Å². The van der Waals surface area contributed by atoms with Crippen molar-refractivity contribution in [3.63, 3.8) is 0 Å². The summed E-state index contributed by atoms with van der Waals surface area (Å²) in [5.74, 6) is -0.784. The molecule has 0 spiro atoms. The highest BCUT2D eigenvalue weighted by atomic mass is 32.2. The second kappa shape index (κ2) is 9.60. The maximum absolute atomic E-state index is 12.2. The van der Waals surface area contributed by atoms with Crippen molar-refractivity contribution < 1.29 is 33.4 Å². The van der Waals surface area contributed by atoms with Gasteiger partial charge in [-0.3, -0.25) is 19.7 Å². The van der Waals surface area contributed by atoms with E-state index >= 15 is 0 Å². The van der Waals surface area contributed by atoms with E-state index < -0.39 is 29.8 Å². The maximum atomic E-state index is 12.2.